The van der Waals surface area contributed by atoms with Gasteiger partial charge >= 0.3 is 0 Å². The molecule has 0 radical (unpaired) electrons. The number of hydrogen-bond acceptors (Lipinski definition) is 4. The molecule has 1 aliphatic rings. The van der Waals surface area contributed by atoms with Crippen LogP contribution in [0.3, 0.4) is 0 Å². The Kier molecular flexibility index (Phi) is 4.64. The lowest BCUT2D eigenvalue weighted by Gasteiger charge is -2.29. The zero-order valence-corrected chi connectivity index (χ0v) is 14.0. The second-order valence-corrected chi connectivity index (χ2v) is 7.12. The Bertz CT molecular complexity index is 641. The fourth-order valence-corrected chi connectivity index (χ4v) is 3.88. The number of nitrogens with one attached hydrogen (secondary N) is 2. The summed E-state index contributed by atoms with van der Waals surface area (Å²) in [5.41, 5.74) is 7.50. The Morgan fingerprint density at radius 2 is 2.14 bits per heavy atom. The summed E-state index contributed by atoms with van der Waals surface area (Å²) in [6.07, 6.45) is 1.89. The molecule has 0 bridgehead atoms. The molecule has 0 aliphatic carbocycles. The van der Waals surface area contributed by atoms with Crippen LogP contribution in [-0.2, 0) is 10.3 Å². The van der Waals surface area contributed by atoms with Crippen molar-refractivity contribution in [3.63, 3.8) is 0 Å². The minimum absolute atomic E-state index is 0.223. The van der Waals surface area contributed by atoms with Crippen LogP contribution in [0.4, 0.5) is 0 Å². The number of carbonyl (C=O) groups is 1. The number of halogens is 1. The topological polar surface area (TPSA) is 41.1 Å². The zero-order chi connectivity index (χ0) is 15.6. The minimum Gasteiger partial charge on any atom is -0.300 e. The van der Waals surface area contributed by atoms with E-state index in [1.54, 1.807) is 11.3 Å². The second kappa shape index (κ2) is 6.50. The quantitative estimate of drug-likeness (QED) is 0.860. The number of hydrazine groups is 1. The van der Waals surface area contributed by atoms with Gasteiger partial charge in [-0.3, -0.25) is 4.79 Å². The van der Waals surface area contributed by atoms with E-state index in [-0.39, 0.29) is 17.4 Å². The first-order valence-corrected chi connectivity index (χ1v) is 8.72. The summed E-state index contributed by atoms with van der Waals surface area (Å²) in [5, 5.41) is 2.79. The van der Waals surface area contributed by atoms with Crippen LogP contribution >= 0.6 is 22.9 Å². The van der Waals surface area contributed by atoms with Gasteiger partial charge in [0.25, 0.3) is 0 Å². The van der Waals surface area contributed by atoms with Gasteiger partial charge in [0, 0.05) is 22.7 Å². The van der Waals surface area contributed by atoms with Crippen LogP contribution in [0.2, 0.25) is 5.02 Å². The third kappa shape index (κ3) is 3.10. The van der Waals surface area contributed by atoms with Gasteiger partial charge in [0.2, 0.25) is 0 Å². The molecule has 2 N–H and O–H groups in total. The molecule has 22 heavy (non-hydrogen) atoms. The summed E-state index contributed by atoms with van der Waals surface area (Å²) in [6, 6.07) is 12.2. The van der Waals surface area contributed by atoms with Gasteiger partial charge in [0.05, 0.1) is 11.6 Å². The maximum absolute atomic E-state index is 12.1. The monoisotopic (exact) mass is 334 g/mol. The van der Waals surface area contributed by atoms with Crippen LogP contribution in [0.15, 0.2) is 41.8 Å². The molecular formula is C17H19ClN2OS. The van der Waals surface area contributed by atoms with Crippen LogP contribution in [0, 0.1) is 0 Å². The maximum Gasteiger partial charge on any atom is 0.134 e. The molecule has 0 spiro atoms. The van der Waals surface area contributed by atoms with Gasteiger partial charge in [-0.15, -0.1) is 11.3 Å². The van der Waals surface area contributed by atoms with Crippen molar-refractivity contribution in [2.45, 2.75) is 37.8 Å². The number of benzene rings is 1. The van der Waals surface area contributed by atoms with E-state index in [4.69, 9.17) is 11.6 Å². The van der Waals surface area contributed by atoms with E-state index >= 15 is 0 Å². The van der Waals surface area contributed by atoms with E-state index in [1.165, 1.54) is 4.88 Å². The van der Waals surface area contributed by atoms with E-state index in [9.17, 15) is 4.79 Å². The fraction of sp³-hybridized carbons (Fsp3) is 0.353. The molecule has 5 heteroatoms. The first-order valence-electron chi connectivity index (χ1n) is 7.47. The summed E-state index contributed by atoms with van der Waals surface area (Å²) >= 11 is 7.74. The normalized spacial score (nSPS) is 24.5. The van der Waals surface area contributed by atoms with E-state index in [2.05, 4.69) is 28.4 Å². The molecule has 1 saturated heterocycles. The van der Waals surface area contributed by atoms with Gasteiger partial charge in [0.15, 0.2) is 0 Å². The molecule has 2 atom stereocenters. The van der Waals surface area contributed by atoms with Crippen molar-refractivity contribution in [1.82, 2.24) is 10.9 Å². The van der Waals surface area contributed by atoms with E-state index in [1.807, 2.05) is 31.2 Å². The van der Waals surface area contributed by atoms with E-state index in [0.717, 1.165) is 12.0 Å². The fourth-order valence-electron chi connectivity index (χ4n) is 2.98. The van der Waals surface area contributed by atoms with Crippen LogP contribution in [0.1, 0.15) is 42.7 Å². The number of thiophene rings is 1. The molecule has 116 valence electrons. The largest absolute Gasteiger partial charge is 0.300 e. The van der Waals surface area contributed by atoms with Gasteiger partial charge in [-0.25, -0.2) is 10.9 Å². The number of ketones is 1. The molecule has 2 aromatic rings. The standard InChI is InChI=1S/C17H19ClN2OS/c1-2-14(21)10-17(12-5-7-13(18)8-6-12)11-15(19-20-17)16-4-3-9-22-16/h3-9,15,19-20H,2,10-11H2,1H3. The van der Waals surface area contributed by atoms with Crippen molar-refractivity contribution in [2.75, 3.05) is 0 Å². The first-order chi connectivity index (χ1) is 10.6. The average molecular weight is 335 g/mol. The SMILES string of the molecule is CCC(=O)CC1(c2ccc(Cl)cc2)CC(c2cccs2)NN1. The molecule has 0 amide bonds. The van der Waals surface area contributed by atoms with E-state index in [0.29, 0.717) is 17.9 Å². The Balaban J connectivity index is 1.91. The third-order valence-corrected chi connectivity index (χ3v) is 5.45. The third-order valence-electron chi connectivity index (χ3n) is 4.21. The van der Waals surface area contributed by atoms with Gasteiger partial charge in [-0.05, 0) is 35.6 Å². The van der Waals surface area contributed by atoms with Crippen molar-refractivity contribution < 1.29 is 4.79 Å². The maximum atomic E-state index is 12.1. The molecule has 2 unspecified atom stereocenters. The molecule has 1 aliphatic heterocycles. The zero-order valence-electron chi connectivity index (χ0n) is 12.4. The van der Waals surface area contributed by atoms with Gasteiger partial charge in [-0.1, -0.05) is 36.7 Å². The molecule has 1 fully saturated rings. The highest BCUT2D eigenvalue weighted by molar-refractivity contribution is 7.10. The second-order valence-electron chi connectivity index (χ2n) is 5.70. The van der Waals surface area contributed by atoms with Crippen LogP contribution in [-0.4, -0.2) is 5.78 Å². The number of rotatable bonds is 5. The number of hydrogen-bond donors (Lipinski definition) is 2. The molecule has 1 aromatic heterocycles. The Hall–Kier alpha value is -1.20. The van der Waals surface area contributed by atoms with Crippen LogP contribution in [0.5, 0.6) is 0 Å². The Morgan fingerprint density at radius 3 is 2.77 bits per heavy atom. The van der Waals surface area contributed by atoms with Gasteiger partial charge in [-0.2, -0.15) is 0 Å². The van der Waals surface area contributed by atoms with Crippen molar-refractivity contribution >= 4 is 28.7 Å². The molecule has 3 nitrogen and oxygen atoms in total. The lowest BCUT2D eigenvalue weighted by molar-refractivity contribution is -0.120. The van der Waals surface area contributed by atoms with Crippen LogP contribution < -0.4 is 10.9 Å². The summed E-state index contributed by atoms with van der Waals surface area (Å²) in [5.74, 6) is 0.260. The molecule has 0 saturated carbocycles. The van der Waals surface area contributed by atoms with Crippen molar-refractivity contribution in [1.29, 1.82) is 0 Å². The van der Waals surface area contributed by atoms with Gasteiger partial charge in [0.1, 0.15) is 5.78 Å². The molecule has 2 heterocycles. The summed E-state index contributed by atoms with van der Waals surface area (Å²) in [4.78, 5) is 13.4. The van der Waals surface area contributed by atoms with Gasteiger partial charge < -0.3 is 0 Å². The molecule has 1 aromatic carbocycles. The molecular weight excluding hydrogens is 316 g/mol. The lowest BCUT2D eigenvalue weighted by atomic mass is 9.81. The summed E-state index contributed by atoms with van der Waals surface area (Å²) < 4.78 is 0. The summed E-state index contributed by atoms with van der Waals surface area (Å²) in [7, 11) is 0. The predicted octanol–water partition coefficient (Wildman–Crippen LogP) is 4.21. The summed E-state index contributed by atoms with van der Waals surface area (Å²) in [6.45, 7) is 1.91. The molecule has 3 rings (SSSR count). The highest BCUT2D eigenvalue weighted by Gasteiger charge is 2.42. The van der Waals surface area contributed by atoms with Crippen LogP contribution in [0.25, 0.3) is 0 Å². The Morgan fingerprint density at radius 1 is 1.36 bits per heavy atom. The first kappa shape index (κ1) is 15.7. The van der Waals surface area contributed by atoms with E-state index < -0.39 is 0 Å². The number of Topliss-reactive ketones (excluding diaryl/α,β-unsaturated/α-hetero) is 1. The lowest BCUT2D eigenvalue weighted by Crippen LogP contribution is -2.42. The highest BCUT2D eigenvalue weighted by atomic mass is 35.5. The van der Waals surface area contributed by atoms with Crippen molar-refractivity contribution in [3.05, 3.63) is 57.2 Å². The number of carbonyl (C=O) groups excluding carboxylic acids is 1. The smallest absolute Gasteiger partial charge is 0.134 e. The van der Waals surface area contributed by atoms with Crippen molar-refractivity contribution in [3.8, 4) is 0 Å². The predicted molar refractivity (Wildman–Crippen MR) is 91.0 cm³/mol. The minimum atomic E-state index is -0.369. The Labute approximate surface area is 139 Å². The van der Waals surface area contributed by atoms with Crippen molar-refractivity contribution in [2.24, 2.45) is 0 Å². The average Bonchev–Trinajstić information content (AvgIpc) is 3.17. The highest BCUT2D eigenvalue weighted by Crippen LogP contribution is 2.40.